The van der Waals surface area contributed by atoms with Crippen molar-refractivity contribution >= 4 is 13.8 Å². The van der Waals surface area contributed by atoms with E-state index in [0.29, 0.717) is 6.61 Å². The molecule has 0 amide bonds. The highest BCUT2D eigenvalue weighted by molar-refractivity contribution is 7.47. The predicted molar refractivity (Wildman–Crippen MR) is 260 cm³/mol. The van der Waals surface area contributed by atoms with Crippen molar-refractivity contribution in [3.8, 4) is 0 Å². The Morgan fingerprint density at radius 3 is 1.31 bits per heavy atom. The summed E-state index contributed by atoms with van der Waals surface area (Å²) in [4.78, 5) is 22.7. The van der Waals surface area contributed by atoms with Crippen LogP contribution in [0.4, 0.5) is 0 Å². The average molecular weight is 891 g/mol. The van der Waals surface area contributed by atoms with Gasteiger partial charge in [0, 0.05) is 13.0 Å². The Kier molecular flexibility index (Phi) is 46.3. The van der Waals surface area contributed by atoms with Crippen LogP contribution in [0.1, 0.15) is 194 Å². The zero-order valence-electron chi connectivity index (χ0n) is 39.3. The second-order valence-corrected chi connectivity index (χ2v) is 17.5. The summed E-state index contributed by atoms with van der Waals surface area (Å²) in [6.45, 7) is 3.27. The van der Waals surface area contributed by atoms with E-state index < -0.39 is 39.2 Å². The van der Waals surface area contributed by atoms with Crippen molar-refractivity contribution in [1.29, 1.82) is 0 Å². The minimum atomic E-state index is -4.53. The quantitative estimate of drug-likeness (QED) is 0.0236. The SMILES string of the molecule is CC/C=C\C/C=C\C/C=C\C/C=C\CCCCCCCCCCCCC(=O)OC(COCCCCCCCCCC/C=C\C/C=C\C/C=C\CC)COP(=O)(O)OCC(O)CO. The van der Waals surface area contributed by atoms with Crippen molar-refractivity contribution < 1.29 is 43.0 Å². The number of esters is 1. The molecule has 62 heavy (non-hydrogen) atoms. The largest absolute Gasteiger partial charge is 0.472 e. The molecule has 0 aromatic heterocycles. The molecule has 0 radical (unpaired) electrons. The number of allylic oxidation sites excluding steroid dienone is 14. The van der Waals surface area contributed by atoms with Crippen LogP contribution in [0.5, 0.6) is 0 Å². The van der Waals surface area contributed by atoms with Gasteiger partial charge in [-0.15, -0.1) is 0 Å². The molecule has 0 rings (SSSR count). The summed E-state index contributed by atoms with van der Waals surface area (Å²) in [6.07, 6.45) is 59.7. The van der Waals surface area contributed by atoms with Crippen LogP contribution in [-0.4, -0.2) is 66.3 Å². The first-order valence-corrected chi connectivity index (χ1v) is 26.1. The molecule has 0 spiro atoms. The Bertz CT molecular complexity index is 1240. The van der Waals surface area contributed by atoms with Gasteiger partial charge in [0.15, 0.2) is 0 Å². The minimum Gasteiger partial charge on any atom is -0.457 e. The third-order valence-electron chi connectivity index (χ3n) is 10.1. The van der Waals surface area contributed by atoms with Crippen LogP contribution in [0.3, 0.4) is 0 Å². The first kappa shape index (κ1) is 59.6. The van der Waals surface area contributed by atoms with Crippen LogP contribution in [0.2, 0.25) is 0 Å². The summed E-state index contributed by atoms with van der Waals surface area (Å²) in [5.41, 5.74) is 0. The number of aliphatic hydroxyl groups is 2. The molecule has 0 aliphatic rings. The lowest BCUT2D eigenvalue weighted by atomic mass is 10.0. The Morgan fingerprint density at radius 2 is 0.871 bits per heavy atom. The van der Waals surface area contributed by atoms with E-state index >= 15 is 0 Å². The summed E-state index contributed by atoms with van der Waals surface area (Å²) in [5.74, 6) is -0.393. The summed E-state index contributed by atoms with van der Waals surface area (Å²) >= 11 is 0. The molecule has 3 N–H and O–H groups in total. The van der Waals surface area contributed by atoms with Crippen molar-refractivity contribution in [1.82, 2.24) is 0 Å². The van der Waals surface area contributed by atoms with Gasteiger partial charge in [-0.2, -0.15) is 0 Å². The summed E-state index contributed by atoms with van der Waals surface area (Å²) < 4.78 is 33.5. The second-order valence-electron chi connectivity index (χ2n) is 16.1. The van der Waals surface area contributed by atoms with Crippen molar-refractivity contribution in [2.45, 2.75) is 206 Å². The van der Waals surface area contributed by atoms with Crippen molar-refractivity contribution in [2.24, 2.45) is 0 Å². The zero-order valence-corrected chi connectivity index (χ0v) is 40.2. The Hall–Kier alpha value is -2.36. The second kappa shape index (κ2) is 48.1. The average Bonchev–Trinajstić information content (AvgIpc) is 3.26. The summed E-state index contributed by atoms with van der Waals surface area (Å²) in [5, 5.41) is 18.4. The Balaban J connectivity index is 4.12. The molecule has 0 aliphatic heterocycles. The molecule has 3 atom stereocenters. The standard InChI is InChI=1S/C52H91O9P/c1-3-5-7-9-11-13-15-17-19-21-23-24-25-26-27-28-30-32-34-36-38-40-42-44-52(55)61-51(49-60-62(56,57)59-47-50(54)46-53)48-58-45-43-41-39-37-35-33-31-29-22-20-18-16-14-12-10-8-6-4-2/h5-8,11-14,17-20,23-24,50-51,53-54H,3-4,9-10,15-16,21-22,25-49H2,1-2H3,(H,56,57)/b7-5-,8-6-,13-11-,14-12-,19-17-,20-18-,24-23-. The molecular formula is C52H91O9P. The van der Waals surface area contributed by atoms with E-state index in [2.05, 4.69) is 98.9 Å². The monoisotopic (exact) mass is 891 g/mol. The lowest BCUT2D eigenvalue weighted by Crippen LogP contribution is -2.29. The van der Waals surface area contributed by atoms with E-state index in [9.17, 15) is 19.4 Å². The van der Waals surface area contributed by atoms with Crippen LogP contribution >= 0.6 is 7.82 Å². The van der Waals surface area contributed by atoms with Gasteiger partial charge in [0.05, 0.1) is 26.4 Å². The molecule has 0 aromatic carbocycles. The molecule has 0 fully saturated rings. The van der Waals surface area contributed by atoms with Crippen LogP contribution in [0.15, 0.2) is 85.1 Å². The molecule has 0 aliphatic carbocycles. The van der Waals surface area contributed by atoms with E-state index in [1.807, 2.05) is 0 Å². The van der Waals surface area contributed by atoms with E-state index in [4.69, 9.17) is 23.6 Å². The topological polar surface area (TPSA) is 132 Å². The number of aliphatic hydroxyl groups excluding tert-OH is 2. The molecule has 3 unspecified atom stereocenters. The Morgan fingerprint density at radius 1 is 0.500 bits per heavy atom. The van der Waals surface area contributed by atoms with Gasteiger partial charge < -0.3 is 24.6 Å². The van der Waals surface area contributed by atoms with Crippen LogP contribution in [0, 0.1) is 0 Å². The third kappa shape index (κ3) is 47.1. The van der Waals surface area contributed by atoms with Gasteiger partial charge >= 0.3 is 13.8 Å². The van der Waals surface area contributed by atoms with Crippen LogP contribution in [-0.2, 0) is 27.9 Å². The number of ether oxygens (including phenoxy) is 2. The molecule has 0 aromatic rings. The maximum atomic E-state index is 12.7. The normalized spacial score (nSPS) is 14.6. The molecule has 0 saturated heterocycles. The molecule has 10 heteroatoms. The maximum Gasteiger partial charge on any atom is 0.472 e. The van der Waals surface area contributed by atoms with Gasteiger partial charge in [0.25, 0.3) is 0 Å². The van der Waals surface area contributed by atoms with Gasteiger partial charge in [-0.25, -0.2) is 4.57 Å². The number of rotatable bonds is 46. The van der Waals surface area contributed by atoms with Gasteiger partial charge in [-0.1, -0.05) is 189 Å². The number of hydrogen-bond acceptors (Lipinski definition) is 8. The van der Waals surface area contributed by atoms with Crippen molar-refractivity contribution in [3.63, 3.8) is 0 Å². The molecule has 9 nitrogen and oxygen atoms in total. The molecule has 0 bridgehead atoms. The fourth-order valence-corrected chi connectivity index (χ4v) is 7.21. The smallest absolute Gasteiger partial charge is 0.457 e. The summed E-state index contributed by atoms with van der Waals surface area (Å²) in [6, 6.07) is 0. The molecule has 0 saturated carbocycles. The van der Waals surface area contributed by atoms with Crippen LogP contribution < -0.4 is 0 Å². The van der Waals surface area contributed by atoms with Gasteiger partial charge in [0.2, 0.25) is 0 Å². The number of phosphoric ester groups is 1. The predicted octanol–water partition coefficient (Wildman–Crippen LogP) is 14.3. The Labute approximate surface area is 379 Å². The van der Waals surface area contributed by atoms with Gasteiger partial charge in [0.1, 0.15) is 12.2 Å². The first-order chi connectivity index (χ1) is 30.3. The lowest BCUT2D eigenvalue weighted by molar-refractivity contribution is -0.154. The fourth-order valence-electron chi connectivity index (χ4n) is 6.42. The highest BCUT2D eigenvalue weighted by Crippen LogP contribution is 2.43. The van der Waals surface area contributed by atoms with Gasteiger partial charge in [-0.05, 0) is 83.5 Å². The lowest BCUT2D eigenvalue weighted by Gasteiger charge is -2.20. The number of carbonyl (C=O) groups is 1. The number of hydrogen-bond donors (Lipinski definition) is 3. The summed E-state index contributed by atoms with van der Waals surface area (Å²) in [7, 11) is -4.53. The first-order valence-electron chi connectivity index (χ1n) is 24.6. The number of unbranched alkanes of at least 4 members (excludes halogenated alkanes) is 18. The van der Waals surface area contributed by atoms with E-state index in [-0.39, 0.29) is 19.6 Å². The fraction of sp³-hybridized carbons (Fsp3) is 0.712. The molecular weight excluding hydrogens is 800 g/mol. The van der Waals surface area contributed by atoms with E-state index in [0.717, 1.165) is 103 Å². The van der Waals surface area contributed by atoms with E-state index in [1.54, 1.807) is 0 Å². The zero-order chi connectivity index (χ0) is 45.3. The van der Waals surface area contributed by atoms with Crippen molar-refractivity contribution in [2.75, 3.05) is 33.0 Å². The number of phosphoric acid groups is 1. The maximum absolute atomic E-state index is 12.7. The molecule has 358 valence electrons. The third-order valence-corrected chi connectivity index (χ3v) is 11.0. The highest BCUT2D eigenvalue weighted by atomic mass is 31.2. The van der Waals surface area contributed by atoms with Crippen LogP contribution in [0.25, 0.3) is 0 Å². The minimum absolute atomic E-state index is 0.0382. The highest BCUT2D eigenvalue weighted by Gasteiger charge is 2.26. The van der Waals surface area contributed by atoms with E-state index in [1.165, 1.54) is 70.6 Å². The number of carbonyl (C=O) groups excluding carboxylic acids is 1. The van der Waals surface area contributed by atoms with Crippen molar-refractivity contribution in [3.05, 3.63) is 85.1 Å². The molecule has 0 heterocycles. The van der Waals surface area contributed by atoms with Gasteiger partial charge in [-0.3, -0.25) is 13.8 Å².